The van der Waals surface area contributed by atoms with Gasteiger partial charge in [-0.25, -0.2) is 0 Å². The van der Waals surface area contributed by atoms with E-state index in [0.717, 1.165) is 25.1 Å². The lowest BCUT2D eigenvalue weighted by Crippen LogP contribution is -2.31. The molecular weight excluding hydrogens is 266 g/mol. The van der Waals surface area contributed by atoms with Crippen molar-refractivity contribution in [1.82, 2.24) is 4.90 Å². The van der Waals surface area contributed by atoms with Gasteiger partial charge >= 0.3 is 0 Å². The van der Waals surface area contributed by atoms with Crippen LogP contribution >= 0.6 is 12.4 Å². The third-order valence-electron chi connectivity index (χ3n) is 3.71. The highest BCUT2D eigenvalue weighted by Gasteiger charge is 2.32. The van der Waals surface area contributed by atoms with Crippen LogP contribution in [0.2, 0.25) is 0 Å². The normalized spacial score (nSPS) is 23.1. The lowest BCUT2D eigenvalue weighted by atomic mass is 9.90. The Morgan fingerprint density at radius 1 is 1.47 bits per heavy atom. The van der Waals surface area contributed by atoms with Crippen molar-refractivity contribution in [2.24, 2.45) is 11.1 Å². The quantitative estimate of drug-likeness (QED) is 0.680. The summed E-state index contributed by atoms with van der Waals surface area (Å²) in [5.41, 5.74) is 6.91. The van der Waals surface area contributed by atoms with E-state index >= 15 is 0 Å². The Balaban J connectivity index is 0.00000180. The summed E-state index contributed by atoms with van der Waals surface area (Å²) in [7, 11) is 0. The fourth-order valence-corrected chi connectivity index (χ4v) is 2.49. The lowest BCUT2D eigenvalue weighted by Gasteiger charge is -2.22. The molecule has 1 unspecified atom stereocenters. The smallest absolute Gasteiger partial charge is 0.273 e. The summed E-state index contributed by atoms with van der Waals surface area (Å²) in [4.78, 5) is 12.9. The molecule has 1 aliphatic heterocycles. The molecule has 0 radical (unpaired) electrons. The molecule has 0 saturated carbocycles. The molecule has 1 fully saturated rings. The van der Waals surface area contributed by atoms with Crippen molar-refractivity contribution in [2.45, 2.75) is 19.9 Å². The summed E-state index contributed by atoms with van der Waals surface area (Å²) in [6, 6.07) is 6.94. The van der Waals surface area contributed by atoms with E-state index in [-0.39, 0.29) is 28.4 Å². The third-order valence-corrected chi connectivity index (χ3v) is 3.71. The van der Waals surface area contributed by atoms with Crippen LogP contribution in [0.25, 0.3) is 0 Å². The summed E-state index contributed by atoms with van der Waals surface area (Å²) < 4.78 is 0. The van der Waals surface area contributed by atoms with E-state index in [1.165, 1.54) is 0 Å². The molecule has 0 amide bonds. The van der Waals surface area contributed by atoms with Crippen molar-refractivity contribution in [1.29, 1.82) is 0 Å². The Labute approximate surface area is 119 Å². The molecule has 2 rings (SSSR count). The van der Waals surface area contributed by atoms with Crippen LogP contribution in [-0.2, 0) is 6.54 Å². The van der Waals surface area contributed by atoms with E-state index in [1.54, 1.807) is 12.1 Å². The summed E-state index contributed by atoms with van der Waals surface area (Å²) in [6.45, 7) is 5.34. The van der Waals surface area contributed by atoms with E-state index in [4.69, 9.17) is 5.73 Å². The minimum absolute atomic E-state index is 0. The number of nitrogens with zero attached hydrogens (tertiary/aromatic N) is 2. The Kier molecular flexibility index (Phi) is 5.29. The molecule has 1 aromatic rings. The van der Waals surface area contributed by atoms with Crippen LogP contribution in [0.3, 0.4) is 0 Å². The molecule has 1 heterocycles. The largest absolute Gasteiger partial charge is 0.330 e. The van der Waals surface area contributed by atoms with Gasteiger partial charge in [-0.05, 0) is 24.9 Å². The van der Waals surface area contributed by atoms with Crippen molar-refractivity contribution < 1.29 is 4.92 Å². The van der Waals surface area contributed by atoms with Crippen molar-refractivity contribution in [2.75, 3.05) is 19.6 Å². The number of para-hydroxylation sites is 1. The molecule has 0 aromatic heterocycles. The van der Waals surface area contributed by atoms with Gasteiger partial charge in [0.05, 0.1) is 4.92 Å². The second kappa shape index (κ2) is 6.32. The van der Waals surface area contributed by atoms with E-state index in [0.29, 0.717) is 13.1 Å². The van der Waals surface area contributed by atoms with Crippen molar-refractivity contribution in [3.8, 4) is 0 Å². The Bertz CT molecular complexity index is 455. The molecule has 1 aromatic carbocycles. The van der Waals surface area contributed by atoms with E-state index < -0.39 is 0 Å². The highest BCUT2D eigenvalue weighted by molar-refractivity contribution is 5.85. The first-order chi connectivity index (χ1) is 8.54. The summed E-state index contributed by atoms with van der Waals surface area (Å²) >= 11 is 0. The van der Waals surface area contributed by atoms with Crippen molar-refractivity contribution >= 4 is 18.1 Å². The Morgan fingerprint density at radius 2 is 2.16 bits per heavy atom. The minimum atomic E-state index is -0.312. The minimum Gasteiger partial charge on any atom is -0.330 e. The van der Waals surface area contributed by atoms with Crippen LogP contribution in [0.15, 0.2) is 24.3 Å². The Hall–Kier alpha value is -1.17. The van der Waals surface area contributed by atoms with Gasteiger partial charge in [0.2, 0.25) is 0 Å². The third kappa shape index (κ3) is 3.65. The fourth-order valence-electron chi connectivity index (χ4n) is 2.49. The second-order valence-electron chi connectivity index (χ2n) is 5.36. The van der Waals surface area contributed by atoms with Gasteiger partial charge in [-0.3, -0.25) is 15.0 Å². The molecule has 19 heavy (non-hydrogen) atoms. The highest BCUT2D eigenvalue weighted by Crippen LogP contribution is 2.30. The van der Waals surface area contributed by atoms with Gasteiger partial charge in [0.1, 0.15) is 0 Å². The average Bonchev–Trinajstić information content (AvgIpc) is 2.72. The maximum atomic E-state index is 10.9. The highest BCUT2D eigenvalue weighted by atomic mass is 35.5. The zero-order valence-corrected chi connectivity index (χ0v) is 11.9. The first-order valence-corrected chi connectivity index (χ1v) is 6.19. The van der Waals surface area contributed by atoms with Crippen LogP contribution in [0.1, 0.15) is 18.9 Å². The predicted molar refractivity (Wildman–Crippen MR) is 77.4 cm³/mol. The van der Waals surface area contributed by atoms with Crippen molar-refractivity contribution in [3.63, 3.8) is 0 Å². The average molecular weight is 286 g/mol. The zero-order chi connectivity index (χ0) is 13.2. The van der Waals surface area contributed by atoms with Crippen LogP contribution in [-0.4, -0.2) is 29.5 Å². The maximum absolute atomic E-state index is 10.9. The zero-order valence-electron chi connectivity index (χ0n) is 11.0. The number of hydrogen-bond acceptors (Lipinski definition) is 4. The molecule has 0 bridgehead atoms. The van der Waals surface area contributed by atoms with Gasteiger partial charge in [0.25, 0.3) is 5.69 Å². The monoisotopic (exact) mass is 285 g/mol. The van der Waals surface area contributed by atoms with E-state index in [9.17, 15) is 10.1 Å². The van der Waals surface area contributed by atoms with Gasteiger partial charge in [-0.2, -0.15) is 0 Å². The maximum Gasteiger partial charge on any atom is 0.273 e. The van der Waals surface area contributed by atoms with E-state index in [2.05, 4.69) is 11.8 Å². The molecule has 106 valence electrons. The molecule has 5 nitrogen and oxygen atoms in total. The van der Waals surface area contributed by atoms with Gasteiger partial charge in [0, 0.05) is 24.7 Å². The van der Waals surface area contributed by atoms with Gasteiger partial charge in [0.15, 0.2) is 0 Å². The molecule has 0 aliphatic carbocycles. The second-order valence-corrected chi connectivity index (χ2v) is 5.36. The summed E-state index contributed by atoms with van der Waals surface area (Å²) in [5.74, 6) is 0. The van der Waals surface area contributed by atoms with Gasteiger partial charge in [-0.1, -0.05) is 25.1 Å². The standard InChI is InChI=1S/C13H19N3O2.ClH/c1-13(9-14)6-7-15(10-13)8-11-4-2-3-5-12(11)16(17)18;/h2-5H,6-10,14H2,1H3;1H. The van der Waals surface area contributed by atoms with Crippen LogP contribution in [0.5, 0.6) is 0 Å². The lowest BCUT2D eigenvalue weighted by molar-refractivity contribution is -0.385. The number of nitro groups is 1. The molecule has 1 aliphatic rings. The fraction of sp³-hybridized carbons (Fsp3) is 0.538. The number of nitrogens with two attached hydrogens (primary N) is 1. The number of nitro benzene ring substituents is 1. The first-order valence-electron chi connectivity index (χ1n) is 6.19. The van der Waals surface area contributed by atoms with Gasteiger partial charge in [-0.15, -0.1) is 12.4 Å². The van der Waals surface area contributed by atoms with Crippen LogP contribution in [0, 0.1) is 15.5 Å². The molecule has 1 saturated heterocycles. The topological polar surface area (TPSA) is 72.4 Å². The Morgan fingerprint density at radius 3 is 2.74 bits per heavy atom. The molecule has 2 N–H and O–H groups in total. The molecule has 0 spiro atoms. The van der Waals surface area contributed by atoms with Crippen LogP contribution in [0.4, 0.5) is 5.69 Å². The number of likely N-dealkylation sites (tertiary alicyclic amines) is 1. The number of hydrogen-bond donors (Lipinski definition) is 1. The number of halogens is 1. The number of rotatable bonds is 4. The van der Waals surface area contributed by atoms with Crippen molar-refractivity contribution in [3.05, 3.63) is 39.9 Å². The van der Waals surface area contributed by atoms with Crippen LogP contribution < -0.4 is 5.73 Å². The SMILES string of the molecule is CC1(CN)CCN(Cc2ccccc2[N+](=O)[O-])C1.Cl. The van der Waals surface area contributed by atoms with Gasteiger partial charge < -0.3 is 5.73 Å². The number of benzene rings is 1. The first kappa shape index (κ1) is 15.9. The predicted octanol–water partition coefficient (Wildman–Crippen LogP) is 2.19. The summed E-state index contributed by atoms with van der Waals surface area (Å²) in [6.07, 6.45) is 1.06. The molecular formula is C13H20ClN3O2. The summed E-state index contributed by atoms with van der Waals surface area (Å²) in [5, 5.41) is 10.9. The molecule has 6 heteroatoms. The molecule has 1 atom stereocenters. The van der Waals surface area contributed by atoms with E-state index in [1.807, 2.05) is 12.1 Å².